The quantitative estimate of drug-likeness (QED) is 0.341. The van der Waals surface area contributed by atoms with Crippen molar-refractivity contribution in [2.24, 2.45) is 22.2 Å². The third-order valence-electron chi connectivity index (χ3n) is 1.52. The number of rotatable bonds is 4. The molecule has 0 saturated carbocycles. The van der Waals surface area contributed by atoms with E-state index in [0.29, 0.717) is 5.70 Å². The second-order valence-electron chi connectivity index (χ2n) is 2.93. The summed E-state index contributed by atoms with van der Waals surface area (Å²) in [6.07, 6.45) is 1.71. The normalized spacial score (nSPS) is 11.8. The van der Waals surface area contributed by atoms with Crippen molar-refractivity contribution in [3.8, 4) is 0 Å². The lowest BCUT2D eigenvalue weighted by atomic mass is 10.1. The zero-order valence-corrected chi connectivity index (χ0v) is 8.30. The summed E-state index contributed by atoms with van der Waals surface area (Å²) >= 11 is 0. The molecule has 4 heteroatoms. The number of allylic oxidation sites excluding steroid dienone is 2. The fourth-order valence-electron chi connectivity index (χ4n) is 0.890. The zero-order valence-electron chi connectivity index (χ0n) is 8.30. The Morgan fingerprint density at radius 3 is 2.15 bits per heavy atom. The predicted molar refractivity (Wildman–Crippen MR) is 56.7 cm³/mol. The van der Waals surface area contributed by atoms with Crippen LogP contribution in [0, 0.1) is 0 Å². The molecule has 0 atom stereocenters. The van der Waals surface area contributed by atoms with Crippen molar-refractivity contribution in [3.63, 3.8) is 0 Å². The van der Waals surface area contributed by atoms with Crippen LogP contribution in [0.2, 0.25) is 0 Å². The Morgan fingerprint density at radius 1 is 1.31 bits per heavy atom. The summed E-state index contributed by atoms with van der Waals surface area (Å²) in [7, 11) is 0. The maximum Gasteiger partial charge on any atom is 0.190 e. The molecule has 0 saturated heterocycles. The van der Waals surface area contributed by atoms with Crippen LogP contribution in [0.4, 0.5) is 0 Å². The molecule has 0 unspecified atom stereocenters. The molecule has 0 spiro atoms. The van der Waals surface area contributed by atoms with E-state index in [0.717, 1.165) is 24.1 Å². The molecule has 0 bridgehead atoms. The first-order valence-corrected chi connectivity index (χ1v) is 4.23. The molecule has 0 heterocycles. The molecule has 13 heavy (non-hydrogen) atoms. The van der Waals surface area contributed by atoms with E-state index < -0.39 is 0 Å². The lowest BCUT2D eigenvalue weighted by Gasteiger charge is -2.06. The highest BCUT2D eigenvalue weighted by atomic mass is 15.0. The van der Waals surface area contributed by atoms with E-state index in [9.17, 15) is 0 Å². The Bertz CT molecular complexity index is 246. The molecular weight excluding hydrogens is 164 g/mol. The van der Waals surface area contributed by atoms with E-state index in [4.69, 9.17) is 17.2 Å². The van der Waals surface area contributed by atoms with E-state index in [2.05, 4.69) is 11.6 Å². The van der Waals surface area contributed by atoms with Gasteiger partial charge in [-0.05, 0) is 18.9 Å². The van der Waals surface area contributed by atoms with E-state index in [1.165, 1.54) is 0 Å². The van der Waals surface area contributed by atoms with Gasteiger partial charge in [-0.25, -0.2) is 4.99 Å². The van der Waals surface area contributed by atoms with Gasteiger partial charge in [-0.15, -0.1) is 0 Å². The molecule has 0 fully saturated rings. The molecule has 0 aliphatic rings. The van der Waals surface area contributed by atoms with Gasteiger partial charge in [-0.3, -0.25) is 0 Å². The van der Waals surface area contributed by atoms with Gasteiger partial charge in [0.2, 0.25) is 0 Å². The van der Waals surface area contributed by atoms with Gasteiger partial charge in [-0.1, -0.05) is 19.9 Å². The number of hydrogen-bond donors (Lipinski definition) is 3. The molecule has 0 aliphatic carbocycles. The van der Waals surface area contributed by atoms with Crippen LogP contribution in [0.3, 0.4) is 0 Å². The third kappa shape index (κ3) is 4.20. The summed E-state index contributed by atoms with van der Waals surface area (Å²) in [5, 5.41) is 0. The van der Waals surface area contributed by atoms with Gasteiger partial charge in [0.25, 0.3) is 0 Å². The van der Waals surface area contributed by atoms with Crippen molar-refractivity contribution < 1.29 is 0 Å². The maximum atomic E-state index is 5.76. The average Bonchev–Trinajstić information content (AvgIpc) is 2.01. The molecule has 0 amide bonds. The van der Waals surface area contributed by atoms with Gasteiger partial charge in [0.15, 0.2) is 5.96 Å². The van der Waals surface area contributed by atoms with Crippen LogP contribution in [-0.2, 0) is 0 Å². The number of nitrogens with two attached hydrogens (primary N) is 3. The van der Waals surface area contributed by atoms with E-state index in [1.807, 2.05) is 13.8 Å². The molecule has 6 N–H and O–H groups in total. The third-order valence-corrected chi connectivity index (χ3v) is 1.52. The smallest absolute Gasteiger partial charge is 0.190 e. The topological polar surface area (TPSA) is 90.4 Å². The average molecular weight is 182 g/mol. The maximum absolute atomic E-state index is 5.76. The summed E-state index contributed by atoms with van der Waals surface area (Å²) in [4.78, 5) is 3.95. The Kier molecular flexibility index (Phi) is 4.66. The summed E-state index contributed by atoms with van der Waals surface area (Å²) in [6, 6.07) is 0. The van der Waals surface area contributed by atoms with Crippen molar-refractivity contribution >= 4 is 5.96 Å². The summed E-state index contributed by atoms with van der Waals surface area (Å²) in [5.41, 5.74) is 18.4. The van der Waals surface area contributed by atoms with Gasteiger partial charge >= 0.3 is 0 Å². The van der Waals surface area contributed by atoms with Crippen LogP contribution in [0.15, 0.2) is 28.5 Å². The van der Waals surface area contributed by atoms with E-state index >= 15 is 0 Å². The molecular formula is C9H18N4. The monoisotopic (exact) mass is 182 g/mol. The number of nitrogens with zero attached hydrogens (tertiary/aromatic N) is 1. The van der Waals surface area contributed by atoms with Crippen LogP contribution >= 0.6 is 0 Å². The molecule has 0 aromatic carbocycles. The molecule has 4 nitrogen and oxygen atoms in total. The molecule has 0 aliphatic heterocycles. The molecule has 0 aromatic heterocycles. The summed E-state index contributed by atoms with van der Waals surface area (Å²) in [5.74, 6) is 0.0349. The molecule has 0 radical (unpaired) electrons. The van der Waals surface area contributed by atoms with Crippen molar-refractivity contribution in [2.75, 3.05) is 0 Å². The van der Waals surface area contributed by atoms with Crippen LogP contribution in [-0.4, -0.2) is 5.96 Å². The SMILES string of the molecule is C=C(C)C(N)=C(CCC)N=C(N)N. The first kappa shape index (κ1) is 11.6. The fraction of sp³-hybridized carbons (Fsp3) is 0.444. The first-order chi connectivity index (χ1) is 5.99. The van der Waals surface area contributed by atoms with Crippen LogP contribution < -0.4 is 17.2 Å². The predicted octanol–water partition coefficient (Wildman–Crippen LogP) is 0.806. The van der Waals surface area contributed by atoms with Crippen molar-refractivity contribution in [2.45, 2.75) is 26.7 Å². The Labute approximate surface area is 79.2 Å². The minimum atomic E-state index is 0.0349. The summed E-state index contributed by atoms with van der Waals surface area (Å²) in [6.45, 7) is 7.59. The van der Waals surface area contributed by atoms with Gasteiger partial charge < -0.3 is 17.2 Å². The number of hydrogen-bond acceptors (Lipinski definition) is 2. The van der Waals surface area contributed by atoms with Gasteiger partial charge in [0, 0.05) is 0 Å². The minimum Gasteiger partial charge on any atom is -0.397 e. The molecule has 74 valence electrons. The second-order valence-corrected chi connectivity index (χ2v) is 2.93. The van der Waals surface area contributed by atoms with Gasteiger partial charge in [0.1, 0.15) is 0 Å². The highest BCUT2D eigenvalue weighted by Gasteiger charge is 2.02. The lowest BCUT2D eigenvalue weighted by molar-refractivity contribution is 0.874. The minimum absolute atomic E-state index is 0.0349. The Morgan fingerprint density at radius 2 is 1.85 bits per heavy atom. The fourth-order valence-corrected chi connectivity index (χ4v) is 0.890. The van der Waals surface area contributed by atoms with Crippen LogP contribution in [0.25, 0.3) is 0 Å². The van der Waals surface area contributed by atoms with Crippen molar-refractivity contribution in [1.82, 2.24) is 0 Å². The van der Waals surface area contributed by atoms with E-state index in [-0.39, 0.29) is 5.96 Å². The van der Waals surface area contributed by atoms with Crippen LogP contribution in [0.5, 0.6) is 0 Å². The lowest BCUT2D eigenvalue weighted by Crippen LogP contribution is -2.23. The number of guanidine groups is 1. The number of aliphatic imine (C=N–C) groups is 1. The molecule has 0 rings (SSSR count). The second kappa shape index (κ2) is 5.24. The highest BCUT2D eigenvalue weighted by Crippen LogP contribution is 2.13. The molecule has 0 aromatic rings. The Balaban J connectivity index is 4.88. The highest BCUT2D eigenvalue weighted by molar-refractivity contribution is 5.77. The zero-order chi connectivity index (χ0) is 10.4. The van der Waals surface area contributed by atoms with Gasteiger partial charge in [0.05, 0.1) is 11.4 Å². The first-order valence-electron chi connectivity index (χ1n) is 4.23. The largest absolute Gasteiger partial charge is 0.397 e. The van der Waals surface area contributed by atoms with Gasteiger partial charge in [-0.2, -0.15) is 0 Å². The van der Waals surface area contributed by atoms with Crippen LogP contribution in [0.1, 0.15) is 26.7 Å². The summed E-state index contributed by atoms with van der Waals surface area (Å²) < 4.78 is 0. The van der Waals surface area contributed by atoms with Crippen molar-refractivity contribution in [3.05, 3.63) is 23.5 Å². The van der Waals surface area contributed by atoms with E-state index in [1.54, 1.807) is 0 Å². The van der Waals surface area contributed by atoms with Crippen molar-refractivity contribution in [1.29, 1.82) is 0 Å². The standard InChI is InChI=1S/C9H18N4/c1-4-5-7(13-9(11)12)8(10)6(2)3/h2,4-5,10H2,1,3H3,(H4,11,12,13). The Hall–Kier alpha value is -1.45.